The second kappa shape index (κ2) is 9.01. The Bertz CT molecular complexity index is 823. The molecule has 0 spiro atoms. The van der Waals surface area contributed by atoms with E-state index >= 15 is 0 Å². The molecule has 1 aromatic heterocycles. The Labute approximate surface area is 174 Å². The summed E-state index contributed by atoms with van der Waals surface area (Å²) >= 11 is 3.07. The number of benzene rings is 1. The SMILES string of the molecule is COc1ccccc1[C@H]1S[C@@H](C)C(=O)N1CCN(C(=O)c1cccs1)C(C)C. The van der Waals surface area contributed by atoms with Crippen LogP contribution in [0.5, 0.6) is 5.75 Å². The van der Waals surface area contributed by atoms with E-state index in [4.69, 9.17) is 4.74 Å². The Morgan fingerprint density at radius 3 is 2.64 bits per heavy atom. The third kappa shape index (κ3) is 4.20. The van der Waals surface area contributed by atoms with Crippen molar-refractivity contribution in [2.75, 3.05) is 20.2 Å². The molecule has 0 N–H and O–H groups in total. The van der Waals surface area contributed by atoms with Gasteiger partial charge >= 0.3 is 0 Å². The van der Waals surface area contributed by atoms with Gasteiger partial charge in [-0.15, -0.1) is 23.1 Å². The molecule has 0 bridgehead atoms. The molecule has 2 heterocycles. The van der Waals surface area contributed by atoms with Crippen molar-refractivity contribution in [3.63, 3.8) is 0 Å². The van der Waals surface area contributed by atoms with Gasteiger partial charge in [-0.1, -0.05) is 24.3 Å². The van der Waals surface area contributed by atoms with Crippen molar-refractivity contribution in [2.24, 2.45) is 0 Å². The molecule has 1 aliphatic heterocycles. The standard InChI is InChI=1S/C21H26N2O3S2/c1-14(2)22(20(25)18-10-7-13-27-18)11-12-23-19(24)15(3)28-21(23)16-8-5-6-9-17(16)26-4/h5-10,13-15,21H,11-12H2,1-4H3/t15-,21+/m0/s1. The van der Waals surface area contributed by atoms with Gasteiger partial charge in [0, 0.05) is 24.7 Å². The van der Waals surface area contributed by atoms with Crippen LogP contribution >= 0.6 is 23.1 Å². The van der Waals surface area contributed by atoms with Crippen LogP contribution in [0.2, 0.25) is 0 Å². The molecule has 2 aromatic rings. The third-order valence-electron chi connectivity index (χ3n) is 4.85. The molecule has 1 saturated heterocycles. The van der Waals surface area contributed by atoms with Crippen LogP contribution in [0.4, 0.5) is 0 Å². The number of hydrogen-bond donors (Lipinski definition) is 0. The highest BCUT2D eigenvalue weighted by atomic mass is 32.2. The number of hydrogen-bond acceptors (Lipinski definition) is 5. The summed E-state index contributed by atoms with van der Waals surface area (Å²) in [7, 11) is 1.65. The molecule has 2 amide bonds. The summed E-state index contributed by atoms with van der Waals surface area (Å²) in [6, 6.07) is 11.6. The van der Waals surface area contributed by atoms with Crippen LogP contribution in [-0.2, 0) is 4.79 Å². The molecule has 0 radical (unpaired) electrons. The summed E-state index contributed by atoms with van der Waals surface area (Å²) in [6.45, 7) is 6.94. The van der Waals surface area contributed by atoms with Gasteiger partial charge in [-0.05, 0) is 38.3 Å². The first-order valence-electron chi connectivity index (χ1n) is 9.37. The second-order valence-corrected chi connectivity index (χ2v) is 9.35. The first kappa shape index (κ1) is 20.7. The highest BCUT2D eigenvalue weighted by molar-refractivity contribution is 8.01. The third-order valence-corrected chi connectivity index (χ3v) is 7.08. The van der Waals surface area contributed by atoms with Gasteiger partial charge in [-0.25, -0.2) is 0 Å². The van der Waals surface area contributed by atoms with Crippen LogP contribution in [0.25, 0.3) is 0 Å². The number of methoxy groups -OCH3 is 1. The lowest BCUT2D eigenvalue weighted by atomic mass is 10.1. The van der Waals surface area contributed by atoms with E-state index in [1.807, 2.05) is 72.3 Å². The van der Waals surface area contributed by atoms with E-state index in [9.17, 15) is 9.59 Å². The number of para-hydroxylation sites is 1. The van der Waals surface area contributed by atoms with Crippen LogP contribution in [0, 0.1) is 0 Å². The number of nitrogens with zero attached hydrogens (tertiary/aromatic N) is 2. The molecule has 3 rings (SSSR count). The van der Waals surface area contributed by atoms with Gasteiger partial charge < -0.3 is 14.5 Å². The number of carbonyl (C=O) groups excluding carboxylic acids is 2. The van der Waals surface area contributed by atoms with E-state index in [0.29, 0.717) is 13.1 Å². The quantitative estimate of drug-likeness (QED) is 0.674. The molecule has 2 atom stereocenters. The highest BCUT2D eigenvalue weighted by Gasteiger charge is 2.39. The van der Waals surface area contributed by atoms with Gasteiger partial charge in [0.25, 0.3) is 5.91 Å². The van der Waals surface area contributed by atoms with Gasteiger partial charge in [0.15, 0.2) is 0 Å². The Morgan fingerprint density at radius 2 is 2.00 bits per heavy atom. The van der Waals surface area contributed by atoms with Gasteiger partial charge in [0.05, 0.1) is 17.2 Å². The van der Waals surface area contributed by atoms with E-state index < -0.39 is 0 Å². The van der Waals surface area contributed by atoms with Crippen molar-refractivity contribution < 1.29 is 14.3 Å². The van der Waals surface area contributed by atoms with E-state index in [1.54, 1.807) is 18.9 Å². The molecule has 28 heavy (non-hydrogen) atoms. The predicted molar refractivity (Wildman–Crippen MR) is 115 cm³/mol. The minimum absolute atomic E-state index is 0.0196. The number of carbonyl (C=O) groups is 2. The molecule has 1 aromatic carbocycles. The Kier molecular flexibility index (Phi) is 6.67. The lowest BCUT2D eigenvalue weighted by Crippen LogP contribution is -2.43. The van der Waals surface area contributed by atoms with E-state index in [-0.39, 0.29) is 28.5 Å². The smallest absolute Gasteiger partial charge is 0.264 e. The molecular formula is C21H26N2O3S2. The zero-order chi connectivity index (χ0) is 20.3. The molecule has 0 saturated carbocycles. The second-order valence-electron chi connectivity index (χ2n) is 6.97. The minimum Gasteiger partial charge on any atom is -0.496 e. The van der Waals surface area contributed by atoms with Crippen LogP contribution in [0.3, 0.4) is 0 Å². The number of thioether (sulfide) groups is 1. The number of amides is 2. The zero-order valence-electron chi connectivity index (χ0n) is 16.6. The van der Waals surface area contributed by atoms with Crippen LogP contribution in [0.1, 0.15) is 41.4 Å². The van der Waals surface area contributed by atoms with E-state index in [2.05, 4.69) is 0 Å². The lowest BCUT2D eigenvalue weighted by molar-refractivity contribution is -0.130. The minimum atomic E-state index is -0.115. The molecule has 0 unspecified atom stereocenters. The van der Waals surface area contributed by atoms with Gasteiger partial charge in [0.2, 0.25) is 5.91 Å². The number of ether oxygens (including phenoxy) is 1. The fourth-order valence-electron chi connectivity index (χ4n) is 3.36. The maximum absolute atomic E-state index is 12.9. The summed E-state index contributed by atoms with van der Waals surface area (Å²) in [4.78, 5) is 30.1. The normalized spacial score (nSPS) is 19.3. The molecule has 1 aliphatic rings. The largest absolute Gasteiger partial charge is 0.496 e. The van der Waals surface area contributed by atoms with Crippen molar-refractivity contribution >= 4 is 34.9 Å². The van der Waals surface area contributed by atoms with E-state index in [1.165, 1.54) is 11.3 Å². The fourth-order valence-corrected chi connectivity index (χ4v) is 5.38. The predicted octanol–water partition coefficient (Wildman–Crippen LogP) is 4.27. The Hall–Kier alpha value is -1.99. The van der Waals surface area contributed by atoms with Crippen molar-refractivity contribution in [3.05, 3.63) is 52.2 Å². The topological polar surface area (TPSA) is 49.9 Å². The van der Waals surface area contributed by atoms with Crippen LogP contribution in [-0.4, -0.2) is 53.1 Å². The monoisotopic (exact) mass is 418 g/mol. The van der Waals surface area contributed by atoms with Gasteiger partial charge in [-0.2, -0.15) is 0 Å². The molecule has 0 aliphatic carbocycles. The number of rotatable bonds is 7. The van der Waals surface area contributed by atoms with Crippen LogP contribution in [0.15, 0.2) is 41.8 Å². The summed E-state index contributed by atoms with van der Waals surface area (Å²) in [5.74, 6) is 0.904. The molecule has 7 heteroatoms. The summed E-state index contributed by atoms with van der Waals surface area (Å²) in [5.41, 5.74) is 0.994. The summed E-state index contributed by atoms with van der Waals surface area (Å²) in [6.07, 6.45) is 0. The van der Waals surface area contributed by atoms with Crippen molar-refractivity contribution in [1.82, 2.24) is 9.80 Å². The first-order chi connectivity index (χ1) is 13.4. The molecule has 150 valence electrons. The van der Waals surface area contributed by atoms with Crippen molar-refractivity contribution in [3.8, 4) is 5.75 Å². The first-order valence-corrected chi connectivity index (χ1v) is 11.2. The molecule has 5 nitrogen and oxygen atoms in total. The average molecular weight is 419 g/mol. The number of thiophene rings is 1. The Morgan fingerprint density at radius 1 is 1.25 bits per heavy atom. The maximum Gasteiger partial charge on any atom is 0.264 e. The van der Waals surface area contributed by atoms with Gasteiger partial charge in [-0.3, -0.25) is 9.59 Å². The van der Waals surface area contributed by atoms with Crippen LogP contribution < -0.4 is 4.74 Å². The van der Waals surface area contributed by atoms with E-state index in [0.717, 1.165) is 16.2 Å². The Balaban J connectivity index is 1.79. The fraction of sp³-hybridized carbons (Fsp3) is 0.429. The molecular weight excluding hydrogens is 392 g/mol. The summed E-state index contributed by atoms with van der Waals surface area (Å²) in [5, 5.41) is 1.69. The average Bonchev–Trinajstić information content (AvgIpc) is 3.31. The maximum atomic E-state index is 12.9. The van der Waals surface area contributed by atoms with Crippen molar-refractivity contribution in [2.45, 2.75) is 37.4 Å². The highest BCUT2D eigenvalue weighted by Crippen LogP contribution is 2.45. The van der Waals surface area contributed by atoms with Crippen molar-refractivity contribution in [1.29, 1.82) is 0 Å². The lowest BCUT2D eigenvalue weighted by Gasteiger charge is -2.31. The summed E-state index contributed by atoms with van der Waals surface area (Å²) < 4.78 is 5.51. The van der Waals surface area contributed by atoms with Gasteiger partial charge in [0.1, 0.15) is 11.1 Å². The zero-order valence-corrected chi connectivity index (χ0v) is 18.3. The molecule has 1 fully saturated rings.